The summed E-state index contributed by atoms with van der Waals surface area (Å²) < 4.78 is 6.66. The van der Waals surface area contributed by atoms with Gasteiger partial charge in [0.05, 0.1) is 10.2 Å². The van der Waals surface area contributed by atoms with Crippen molar-refractivity contribution in [3.05, 3.63) is 29.3 Å². The van der Waals surface area contributed by atoms with Crippen molar-refractivity contribution in [3.8, 4) is 0 Å². The lowest BCUT2D eigenvalue weighted by molar-refractivity contribution is -0.123. The first-order valence-electron chi connectivity index (χ1n) is 7.08. The second kappa shape index (κ2) is 6.54. The van der Waals surface area contributed by atoms with Gasteiger partial charge in [-0.15, -0.1) is 11.3 Å². The van der Waals surface area contributed by atoms with Gasteiger partial charge in [0, 0.05) is 19.1 Å². The molecule has 0 aliphatic heterocycles. The molecule has 1 heterocycles. The molecule has 1 N–H and O–H groups in total. The molecule has 0 saturated heterocycles. The lowest BCUT2D eigenvalue weighted by atomic mass is 10.1. The molecule has 114 valence electrons. The van der Waals surface area contributed by atoms with Gasteiger partial charge in [-0.05, 0) is 39.3 Å². The maximum atomic E-state index is 11.9. The summed E-state index contributed by atoms with van der Waals surface area (Å²) in [7, 11) is 1.67. The van der Waals surface area contributed by atoms with Gasteiger partial charge in [-0.3, -0.25) is 4.79 Å². The van der Waals surface area contributed by atoms with Crippen LogP contribution in [0.2, 0.25) is 0 Å². The highest BCUT2D eigenvalue weighted by Gasteiger charge is 2.19. The Kier molecular flexibility index (Phi) is 4.96. The summed E-state index contributed by atoms with van der Waals surface area (Å²) in [5.74, 6) is 0.0469. The van der Waals surface area contributed by atoms with E-state index in [2.05, 4.69) is 16.4 Å². The number of nitrogens with zero attached hydrogens (tertiary/aromatic N) is 1. The second-order valence-corrected chi connectivity index (χ2v) is 7.14. The quantitative estimate of drug-likeness (QED) is 0.917. The SMILES string of the molecule is COC(CCC(=O)NC(C)(C)C)c1nc2ccccc2s1. The zero-order valence-corrected chi connectivity index (χ0v) is 13.8. The van der Waals surface area contributed by atoms with E-state index in [0.717, 1.165) is 15.2 Å². The number of aromatic nitrogens is 1. The molecule has 1 amide bonds. The predicted molar refractivity (Wildman–Crippen MR) is 86.5 cm³/mol. The van der Waals surface area contributed by atoms with E-state index in [9.17, 15) is 4.79 Å². The summed E-state index contributed by atoms with van der Waals surface area (Å²) >= 11 is 1.63. The number of methoxy groups -OCH3 is 1. The molecule has 0 aliphatic carbocycles. The number of thiazole rings is 1. The van der Waals surface area contributed by atoms with Crippen molar-refractivity contribution in [2.45, 2.75) is 45.3 Å². The Hall–Kier alpha value is -1.46. The van der Waals surface area contributed by atoms with E-state index in [0.29, 0.717) is 12.8 Å². The summed E-state index contributed by atoms with van der Waals surface area (Å²) in [6, 6.07) is 8.02. The van der Waals surface area contributed by atoms with Crippen LogP contribution in [0.5, 0.6) is 0 Å². The molecule has 0 bridgehead atoms. The first-order chi connectivity index (χ1) is 9.89. The minimum atomic E-state index is -0.199. The van der Waals surface area contributed by atoms with Crippen molar-refractivity contribution < 1.29 is 9.53 Å². The summed E-state index contributed by atoms with van der Waals surface area (Å²) in [5, 5.41) is 3.90. The van der Waals surface area contributed by atoms with Gasteiger partial charge in [-0.25, -0.2) is 4.98 Å². The zero-order chi connectivity index (χ0) is 15.5. The first-order valence-corrected chi connectivity index (χ1v) is 7.90. The molecule has 5 heteroatoms. The van der Waals surface area contributed by atoms with E-state index in [-0.39, 0.29) is 17.6 Å². The molecule has 21 heavy (non-hydrogen) atoms. The van der Waals surface area contributed by atoms with E-state index in [1.165, 1.54) is 0 Å². The van der Waals surface area contributed by atoms with Crippen LogP contribution in [0.25, 0.3) is 10.2 Å². The van der Waals surface area contributed by atoms with Crippen molar-refractivity contribution in [2.24, 2.45) is 0 Å². The summed E-state index contributed by atoms with van der Waals surface area (Å²) in [5.41, 5.74) is 0.786. The van der Waals surface area contributed by atoms with Crippen LogP contribution in [-0.4, -0.2) is 23.5 Å². The number of ether oxygens (including phenoxy) is 1. The van der Waals surface area contributed by atoms with E-state index in [1.807, 2.05) is 39.0 Å². The molecule has 2 aromatic rings. The Labute approximate surface area is 129 Å². The molecule has 0 radical (unpaired) electrons. The van der Waals surface area contributed by atoms with Crippen LogP contribution in [0.15, 0.2) is 24.3 Å². The summed E-state index contributed by atoms with van der Waals surface area (Å²) in [6.45, 7) is 5.94. The third-order valence-corrected chi connectivity index (χ3v) is 4.15. The fraction of sp³-hybridized carbons (Fsp3) is 0.500. The maximum Gasteiger partial charge on any atom is 0.220 e. The Morgan fingerprint density at radius 2 is 2.10 bits per heavy atom. The van der Waals surface area contributed by atoms with Crippen LogP contribution in [0, 0.1) is 0 Å². The number of hydrogen-bond acceptors (Lipinski definition) is 4. The smallest absolute Gasteiger partial charge is 0.220 e. The van der Waals surface area contributed by atoms with Crippen LogP contribution in [0.3, 0.4) is 0 Å². The van der Waals surface area contributed by atoms with Crippen LogP contribution >= 0.6 is 11.3 Å². The molecular formula is C16H22N2O2S. The fourth-order valence-corrected chi connectivity index (χ4v) is 3.19. The van der Waals surface area contributed by atoms with Crippen molar-refractivity contribution in [1.82, 2.24) is 10.3 Å². The van der Waals surface area contributed by atoms with Gasteiger partial charge in [0.25, 0.3) is 0 Å². The van der Waals surface area contributed by atoms with Gasteiger partial charge < -0.3 is 10.1 Å². The van der Waals surface area contributed by atoms with Crippen LogP contribution in [-0.2, 0) is 9.53 Å². The Morgan fingerprint density at radius 3 is 2.71 bits per heavy atom. The van der Waals surface area contributed by atoms with Gasteiger partial charge in [0.2, 0.25) is 5.91 Å². The molecule has 0 aliphatic rings. The van der Waals surface area contributed by atoms with Crippen molar-refractivity contribution in [1.29, 1.82) is 0 Å². The average molecular weight is 306 g/mol. The number of carbonyl (C=O) groups is 1. The topological polar surface area (TPSA) is 51.2 Å². The Balaban J connectivity index is 2.01. The molecule has 0 fully saturated rings. The molecular weight excluding hydrogens is 284 g/mol. The summed E-state index contributed by atoms with van der Waals surface area (Å²) in [6.07, 6.45) is 0.942. The Bertz CT molecular complexity index is 583. The van der Waals surface area contributed by atoms with E-state index in [4.69, 9.17) is 4.74 Å². The average Bonchev–Trinajstić information content (AvgIpc) is 2.80. The first kappa shape index (κ1) is 15.9. The van der Waals surface area contributed by atoms with Crippen LogP contribution in [0.1, 0.15) is 44.7 Å². The number of fused-ring (bicyclic) bond motifs is 1. The molecule has 1 aromatic heterocycles. The van der Waals surface area contributed by atoms with Crippen LogP contribution < -0.4 is 5.32 Å². The largest absolute Gasteiger partial charge is 0.374 e. The van der Waals surface area contributed by atoms with Gasteiger partial charge in [0.1, 0.15) is 11.1 Å². The third kappa shape index (κ3) is 4.51. The minimum Gasteiger partial charge on any atom is -0.374 e. The number of hydrogen-bond donors (Lipinski definition) is 1. The number of nitrogens with one attached hydrogen (secondary N) is 1. The number of rotatable bonds is 5. The van der Waals surface area contributed by atoms with E-state index in [1.54, 1.807) is 18.4 Å². The Morgan fingerprint density at radius 1 is 1.38 bits per heavy atom. The molecule has 4 nitrogen and oxygen atoms in total. The summed E-state index contributed by atoms with van der Waals surface area (Å²) in [4.78, 5) is 16.5. The number of para-hydroxylation sites is 1. The molecule has 1 atom stereocenters. The predicted octanol–water partition coefficient (Wildman–Crippen LogP) is 3.68. The molecule has 2 rings (SSSR count). The standard InChI is InChI=1S/C16H22N2O2S/c1-16(2,3)18-14(19)10-9-12(20-4)15-17-11-7-5-6-8-13(11)21-15/h5-8,12H,9-10H2,1-4H3,(H,18,19). The number of benzene rings is 1. The van der Waals surface area contributed by atoms with E-state index >= 15 is 0 Å². The van der Waals surface area contributed by atoms with Crippen molar-refractivity contribution in [2.75, 3.05) is 7.11 Å². The van der Waals surface area contributed by atoms with Gasteiger partial charge in [-0.2, -0.15) is 0 Å². The van der Waals surface area contributed by atoms with Crippen molar-refractivity contribution >= 4 is 27.5 Å². The third-order valence-electron chi connectivity index (χ3n) is 3.02. The lowest BCUT2D eigenvalue weighted by Gasteiger charge is -2.21. The van der Waals surface area contributed by atoms with Gasteiger partial charge in [-0.1, -0.05) is 12.1 Å². The number of amides is 1. The molecule has 1 unspecified atom stereocenters. The number of carbonyl (C=O) groups excluding carboxylic acids is 1. The minimum absolute atomic E-state index is 0.0469. The molecule has 0 saturated carbocycles. The maximum absolute atomic E-state index is 11.9. The van der Waals surface area contributed by atoms with E-state index < -0.39 is 0 Å². The van der Waals surface area contributed by atoms with Crippen LogP contribution in [0.4, 0.5) is 0 Å². The molecule has 1 aromatic carbocycles. The van der Waals surface area contributed by atoms with Gasteiger partial charge >= 0.3 is 0 Å². The van der Waals surface area contributed by atoms with Gasteiger partial charge in [0.15, 0.2) is 0 Å². The van der Waals surface area contributed by atoms with Crippen molar-refractivity contribution in [3.63, 3.8) is 0 Å². The lowest BCUT2D eigenvalue weighted by Crippen LogP contribution is -2.40. The molecule has 0 spiro atoms. The zero-order valence-electron chi connectivity index (χ0n) is 13.0. The highest BCUT2D eigenvalue weighted by atomic mass is 32.1. The second-order valence-electron chi connectivity index (χ2n) is 6.08. The fourth-order valence-electron chi connectivity index (χ4n) is 2.11. The monoisotopic (exact) mass is 306 g/mol. The normalized spacial score (nSPS) is 13.3. The highest BCUT2D eigenvalue weighted by Crippen LogP contribution is 2.30. The highest BCUT2D eigenvalue weighted by molar-refractivity contribution is 7.18.